The molecule has 28 heavy (non-hydrogen) atoms. The third kappa shape index (κ3) is 3.89. The molecule has 1 aromatic heterocycles. The van der Waals surface area contributed by atoms with E-state index in [1.54, 1.807) is 30.3 Å². The van der Waals surface area contributed by atoms with Crippen molar-refractivity contribution in [3.05, 3.63) is 57.3 Å². The topological polar surface area (TPSA) is 80.8 Å². The molecule has 0 aliphatic carbocycles. The molecule has 0 saturated carbocycles. The number of Topliss-reactive ketones (excluding diaryl/α,β-unsaturated/α-hetero) is 1. The Labute approximate surface area is 167 Å². The summed E-state index contributed by atoms with van der Waals surface area (Å²) in [6.07, 6.45) is 0.261. The van der Waals surface area contributed by atoms with E-state index >= 15 is 0 Å². The van der Waals surface area contributed by atoms with Crippen molar-refractivity contribution in [3.8, 4) is 0 Å². The van der Waals surface area contributed by atoms with E-state index in [0.29, 0.717) is 4.88 Å². The number of carbonyl (C=O) groups excluding carboxylic acids is 4. The van der Waals surface area contributed by atoms with Crippen LogP contribution in [0, 0.1) is 12.8 Å². The standard InChI is InChI=1S/C21H21NO5S/c1-12(2)10-16(21(26)27-11-17(23)18-9-8-13(3)28-18)22-19(24)14-6-4-5-7-15(14)20(22)25/h4-9,12,16H,10-11H2,1-3H3/t16-/m0/s1. The first-order valence-corrected chi connectivity index (χ1v) is 9.84. The highest BCUT2D eigenvalue weighted by atomic mass is 32.1. The molecule has 6 nitrogen and oxygen atoms in total. The van der Waals surface area contributed by atoms with Gasteiger partial charge in [0.2, 0.25) is 5.78 Å². The van der Waals surface area contributed by atoms with Crippen LogP contribution in [0.1, 0.15) is 55.5 Å². The largest absolute Gasteiger partial charge is 0.456 e. The van der Waals surface area contributed by atoms with Gasteiger partial charge in [-0.1, -0.05) is 26.0 Å². The maximum atomic E-state index is 12.7. The molecule has 0 radical (unpaired) electrons. The van der Waals surface area contributed by atoms with Crippen molar-refractivity contribution < 1.29 is 23.9 Å². The zero-order valence-electron chi connectivity index (χ0n) is 15.9. The molecule has 0 bridgehead atoms. The molecule has 1 aliphatic heterocycles. The monoisotopic (exact) mass is 399 g/mol. The van der Waals surface area contributed by atoms with Crippen molar-refractivity contribution in [3.63, 3.8) is 0 Å². The number of fused-ring (bicyclic) bond motifs is 1. The van der Waals surface area contributed by atoms with E-state index in [-0.39, 0.29) is 29.2 Å². The van der Waals surface area contributed by atoms with E-state index in [2.05, 4.69) is 0 Å². The summed E-state index contributed by atoms with van der Waals surface area (Å²) in [7, 11) is 0. The zero-order chi connectivity index (χ0) is 20.4. The Morgan fingerprint density at radius 1 is 1.04 bits per heavy atom. The smallest absolute Gasteiger partial charge is 0.329 e. The van der Waals surface area contributed by atoms with Crippen LogP contribution in [0.4, 0.5) is 0 Å². The fraction of sp³-hybridized carbons (Fsp3) is 0.333. The van der Waals surface area contributed by atoms with Gasteiger partial charge in [-0.15, -0.1) is 11.3 Å². The second-order valence-electron chi connectivity index (χ2n) is 7.11. The minimum absolute atomic E-state index is 0.0394. The highest BCUT2D eigenvalue weighted by Gasteiger charge is 2.43. The van der Waals surface area contributed by atoms with Crippen LogP contribution in [0.3, 0.4) is 0 Å². The maximum Gasteiger partial charge on any atom is 0.329 e. The molecule has 1 atom stereocenters. The molecule has 0 N–H and O–H groups in total. The van der Waals surface area contributed by atoms with E-state index in [9.17, 15) is 19.2 Å². The number of rotatable bonds is 7. The van der Waals surface area contributed by atoms with Gasteiger partial charge in [-0.05, 0) is 43.5 Å². The molecule has 2 amide bonds. The molecular formula is C21H21NO5S. The summed E-state index contributed by atoms with van der Waals surface area (Å²) in [5.41, 5.74) is 0.554. The van der Waals surface area contributed by atoms with E-state index in [0.717, 1.165) is 9.78 Å². The first-order chi connectivity index (χ1) is 13.3. The Kier molecular flexibility index (Phi) is 5.74. The van der Waals surface area contributed by atoms with Gasteiger partial charge in [0.25, 0.3) is 11.8 Å². The number of ketones is 1. The Morgan fingerprint density at radius 3 is 2.14 bits per heavy atom. The van der Waals surface area contributed by atoms with Gasteiger partial charge in [-0.3, -0.25) is 19.3 Å². The predicted molar refractivity (Wildman–Crippen MR) is 105 cm³/mol. The third-order valence-electron chi connectivity index (χ3n) is 4.46. The van der Waals surface area contributed by atoms with E-state index < -0.39 is 30.4 Å². The van der Waals surface area contributed by atoms with Crippen LogP contribution in [0.25, 0.3) is 0 Å². The lowest BCUT2D eigenvalue weighted by molar-refractivity contribution is -0.147. The molecule has 1 aliphatic rings. The number of hydrogen-bond donors (Lipinski definition) is 0. The number of esters is 1. The summed E-state index contributed by atoms with van der Waals surface area (Å²) < 4.78 is 5.21. The maximum absolute atomic E-state index is 12.7. The van der Waals surface area contributed by atoms with Gasteiger partial charge in [0.15, 0.2) is 6.61 Å². The average molecular weight is 399 g/mol. The molecule has 7 heteroatoms. The second-order valence-corrected chi connectivity index (χ2v) is 8.40. The van der Waals surface area contributed by atoms with E-state index in [4.69, 9.17) is 4.74 Å². The Balaban J connectivity index is 1.77. The van der Waals surface area contributed by atoms with Crippen molar-refractivity contribution >= 4 is 34.9 Å². The van der Waals surface area contributed by atoms with Gasteiger partial charge >= 0.3 is 5.97 Å². The molecule has 1 aromatic carbocycles. The van der Waals surface area contributed by atoms with Gasteiger partial charge < -0.3 is 4.74 Å². The van der Waals surface area contributed by atoms with Crippen LogP contribution in [0.5, 0.6) is 0 Å². The summed E-state index contributed by atoms with van der Waals surface area (Å²) in [6, 6.07) is 8.92. The van der Waals surface area contributed by atoms with Crippen molar-refractivity contribution in [1.82, 2.24) is 4.90 Å². The highest BCUT2D eigenvalue weighted by molar-refractivity contribution is 7.14. The first-order valence-electron chi connectivity index (χ1n) is 9.02. The average Bonchev–Trinajstić information content (AvgIpc) is 3.20. The van der Waals surface area contributed by atoms with Gasteiger partial charge in [-0.25, -0.2) is 4.79 Å². The predicted octanol–water partition coefficient (Wildman–Crippen LogP) is 3.49. The Hall–Kier alpha value is -2.80. The minimum Gasteiger partial charge on any atom is -0.456 e. The van der Waals surface area contributed by atoms with Crippen LogP contribution >= 0.6 is 11.3 Å². The lowest BCUT2D eigenvalue weighted by Crippen LogP contribution is -2.46. The lowest BCUT2D eigenvalue weighted by Gasteiger charge is -2.25. The zero-order valence-corrected chi connectivity index (χ0v) is 16.7. The van der Waals surface area contributed by atoms with Crippen LogP contribution in [0.2, 0.25) is 0 Å². The first kappa shape index (κ1) is 19.9. The number of aryl methyl sites for hydroxylation is 1. The number of nitrogens with zero attached hydrogens (tertiary/aromatic N) is 1. The van der Waals surface area contributed by atoms with Crippen LogP contribution in [-0.2, 0) is 9.53 Å². The summed E-state index contributed by atoms with van der Waals surface area (Å²) in [5, 5.41) is 0. The molecule has 0 fully saturated rings. The Bertz CT molecular complexity index is 911. The van der Waals surface area contributed by atoms with Gasteiger partial charge in [0.1, 0.15) is 6.04 Å². The number of amides is 2. The molecule has 2 aromatic rings. The number of carbonyl (C=O) groups is 4. The second kappa shape index (κ2) is 8.06. The molecule has 3 rings (SSSR count). The fourth-order valence-electron chi connectivity index (χ4n) is 3.13. The highest BCUT2D eigenvalue weighted by Crippen LogP contribution is 2.27. The molecule has 0 spiro atoms. The number of thiophene rings is 1. The van der Waals surface area contributed by atoms with Gasteiger partial charge in [0, 0.05) is 4.88 Å². The van der Waals surface area contributed by atoms with Crippen LogP contribution < -0.4 is 0 Å². The van der Waals surface area contributed by atoms with Gasteiger partial charge in [-0.2, -0.15) is 0 Å². The van der Waals surface area contributed by atoms with Crippen molar-refractivity contribution in [2.45, 2.75) is 33.2 Å². The number of benzene rings is 1. The van der Waals surface area contributed by atoms with Crippen molar-refractivity contribution in [1.29, 1.82) is 0 Å². The number of ether oxygens (including phenoxy) is 1. The summed E-state index contributed by atoms with van der Waals surface area (Å²) in [4.78, 5) is 52.9. The normalized spacial score (nSPS) is 14.4. The van der Waals surface area contributed by atoms with E-state index in [1.807, 2.05) is 26.8 Å². The lowest BCUT2D eigenvalue weighted by atomic mass is 10.0. The molecule has 0 unspecified atom stereocenters. The minimum atomic E-state index is -1.06. The molecule has 2 heterocycles. The molecule has 0 saturated heterocycles. The summed E-state index contributed by atoms with van der Waals surface area (Å²) in [5.74, 6) is -2.04. The third-order valence-corrected chi connectivity index (χ3v) is 5.51. The quantitative estimate of drug-likeness (QED) is 0.404. The summed E-state index contributed by atoms with van der Waals surface area (Å²) >= 11 is 1.32. The number of hydrogen-bond acceptors (Lipinski definition) is 6. The molecule has 146 valence electrons. The summed E-state index contributed by atoms with van der Waals surface area (Å²) in [6.45, 7) is 5.24. The SMILES string of the molecule is Cc1ccc(C(=O)COC(=O)[C@H](CC(C)C)N2C(=O)c3ccccc3C2=O)s1. The van der Waals surface area contributed by atoms with Gasteiger partial charge in [0.05, 0.1) is 16.0 Å². The van der Waals surface area contributed by atoms with Crippen molar-refractivity contribution in [2.24, 2.45) is 5.92 Å². The van der Waals surface area contributed by atoms with Crippen LogP contribution in [-0.4, -0.2) is 41.1 Å². The van der Waals surface area contributed by atoms with E-state index in [1.165, 1.54) is 11.3 Å². The fourth-order valence-corrected chi connectivity index (χ4v) is 3.92. The van der Waals surface area contributed by atoms with Crippen molar-refractivity contribution in [2.75, 3.05) is 6.61 Å². The molecular weight excluding hydrogens is 378 g/mol. The van der Waals surface area contributed by atoms with Crippen LogP contribution in [0.15, 0.2) is 36.4 Å². The number of imide groups is 1. The Morgan fingerprint density at radius 2 is 1.64 bits per heavy atom.